The molecule has 0 saturated heterocycles. The summed E-state index contributed by atoms with van der Waals surface area (Å²) in [5.41, 5.74) is 8.02. The van der Waals surface area contributed by atoms with E-state index in [1.807, 2.05) is 54.4 Å². The molecule has 5 nitrogen and oxygen atoms in total. The molecular weight excluding hydrogens is 447 g/mol. The van der Waals surface area contributed by atoms with Crippen molar-refractivity contribution in [1.29, 1.82) is 0 Å². The molecule has 2 aromatic carbocycles. The first-order valence-corrected chi connectivity index (χ1v) is 11.9. The molecule has 0 bridgehead atoms. The van der Waals surface area contributed by atoms with Crippen LogP contribution in [0.2, 0.25) is 0 Å². The van der Waals surface area contributed by atoms with Crippen LogP contribution in [0, 0.1) is 19.7 Å². The molecule has 0 aliphatic carbocycles. The van der Waals surface area contributed by atoms with E-state index in [4.69, 9.17) is 4.74 Å². The molecule has 3 aromatic heterocycles. The van der Waals surface area contributed by atoms with Crippen molar-refractivity contribution in [3.63, 3.8) is 0 Å². The van der Waals surface area contributed by atoms with Gasteiger partial charge in [-0.05, 0) is 72.4 Å². The topological polar surface area (TPSA) is 51.8 Å². The van der Waals surface area contributed by atoms with Gasteiger partial charge in [0.05, 0.1) is 30.6 Å². The summed E-state index contributed by atoms with van der Waals surface area (Å²) in [6, 6.07) is 15.2. The number of pyridine rings is 1. The van der Waals surface area contributed by atoms with Crippen LogP contribution in [0.15, 0.2) is 66.6 Å². The average Bonchev–Trinajstić information content (AvgIpc) is 3.26. The number of fused-ring (bicyclic) bond motifs is 1. The lowest BCUT2D eigenvalue weighted by Gasteiger charge is -2.12. The molecule has 5 rings (SSSR count). The quantitative estimate of drug-likeness (QED) is 0.302. The summed E-state index contributed by atoms with van der Waals surface area (Å²) in [4.78, 5) is 14.7. The maximum Gasteiger partial charge on any atom is 0.295 e. The largest absolute Gasteiger partial charge is 0.461 e. The zero-order valence-electron chi connectivity index (χ0n) is 19.2. The Bertz CT molecular complexity index is 1500. The van der Waals surface area contributed by atoms with Gasteiger partial charge in [0.15, 0.2) is 5.52 Å². The Labute approximate surface area is 201 Å². The summed E-state index contributed by atoms with van der Waals surface area (Å²) in [6.45, 7) is 4.34. The van der Waals surface area contributed by atoms with Gasteiger partial charge in [-0.2, -0.15) is 0 Å². The molecule has 0 unspecified atom stereocenters. The lowest BCUT2D eigenvalue weighted by atomic mass is 9.97. The molecule has 34 heavy (non-hydrogen) atoms. The first-order chi connectivity index (χ1) is 16.5. The highest BCUT2D eigenvalue weighted by Crippen LogP contribution is 2.33. The van der Waals surface area contributed by atoms with Crippen molar-refractivity contribution in [3.8, 4) is 28.3 Å². The number of benzene rings is 2. The predicted octanol–water partition coefficient (Wildman–Crippen LogP) is 5.62. The highest BCUT2D eigenvalue weighted by Gasteiger charge is 2.17. The van der Waals surface area contributed by atoms with Gasteiger partial charge in [-0.15, -0.1) is 11.3 Å². The second kappa shape index (κ2) is 9.27. The first kappa shape index (κ1) is 22.1. The molecule has 170 valence electrons. The zero-order chi connectivity index (χ0) is 23.7. The van der Waals surface area contributed by atoms with Gasteiger partial charge in [-0.25, -0.2) is 13.9 Å². The molecule has 0 fully saturated rings. The minimum atomic E-state index is -0.221. The highest BCUT2D eigenvalue weighted by molar-refractivity contribution is 7.09. The second-order valence-electron chi connectivity index (χ2n) is 8.22. The highest BCUT2D eigenvalue weighted by atomic mass is 32.1. The number of aryl methyl sites for hydroxylation is 3. The van der Waals surface area contributed by atoms with Crippen molar-refractivity contribution >= 4 is 22.2 Å². The summed E-state index contributed by atoms with van der Waals surface area (Å²) in [6.07, 6.45) is 4.33. The van der Waals surface area contributed by atoms with Gasteiger partial charge in [-0.1, -0.05) is 6.07 Å². The van der Waals surface area contributed by atoms with E-state index in [1.165, 1.54) is 10.9 Å². The van der Waals surface area contributed by atoms with E-state index in [9.17, 15) is 4.39 Å². The van der Waals surface area contributed by atoms with Gasteiger partial charge in [0, 0.05) is 28.6 Å². The van der Waals surface area contributed by atoms with E-state index >= 15 is 0 Å². The van der Waals surface area contributed by atoms with E-state index in [0.29, 0.717) is 12.2 Å². The fraction of sp³-hybridized carbons (Fsp3) is 0.185. The maximum absolute atomic E-state index is 13.9. The monoisotopic (exact) mass is 471 g/mol. The van der Waals surface area contributed by atoms with Crippen LogP contribution in [0.25, 0.3) is 33.3 Å². The Morgan fingerprint density at radius 2 is 1.85 bits per heavy atom. The van der Waals surface area contributed by atoms with E-state index in [0.717, 1.165) is 51.3 Å². The van der Waals surface area contributed by atoms with Crippen LogP contribution in [-0.4, -0.2) is 21.6 Å². The van der Waals surface area contributed by atoms with Gasteiger partial charge in [0.1, 0.15) is 11.2 Å². The molecule has 0 N–H and O–H groups in total. The summed E-state index contributed by atoms with van der Waals surface area (Å²) >= 11 is 1.65. The Kier molecular flexibility index (Phi) is 6.02. The minimum Gasteiger partial charge on any atom is -0.461 e. The number of hydrogen-bond acceptors (Lipinski definition) is 5. The average molecular weight is 472 g/mol. The van der Waals surface area contributed by atoms with Crippen LogP contribution >= 0.6 is 11.3 Å². The van der Waals surface area contributed by atoms with E-state index < -0.39 is 0 Å². The number of ether oxygens (including phenoxy) is 1. The van der Waals surface area contributed by atoms with Crippen molar-refractivity contribution in [2.45, 2.75) is 20.3 Å². The van der Waals surface area contributed by atoms with Crippen molar-refractivity contribution in [3.05, 3.63) is 88.5 Å². The van der Waals surface area contributed by atoms with E-state index in [2.05, 4.69) is 21.0 Å². The number of halogens is 1. The van der Waals surface area contributed by atoms with Crippen molar-refractivity contribution in [2.24, 2.45) is 7.05 Å². The third kappa shape index (κ3) is 4.26. The normalized spacial score (nSPS) is 11.2. The number of nitrogens with zero attached hydrogens (tertiary/aromatic N) is 4. The Morgan fingerprint density at radius 1 is 1.00 bits per heavy atom. The van der Waals surface area contributed by atoms with Crippen LogP contribution < -0.4 is 9.30 Å². The molecule has 0 spiro atoms. The smallest absolute Gasteiger partial charge is 0.295 e. The SMILES string of the molecule is Cc1cc(-c2ncccc2-c2ccc3nc[n+](C)c(OCCc4scnc4C)c3c2)ccc1F. The van der Waals surface area contributed by atoms with Gasteiger partial charge < -0.3 is 4.74 Å². The molecule has 0 amide bonds. The van der Waals surface area contributed by atoms with Crippen LogP contribution in [0.3, 0.4) is 0 Å². The molecular formula is C27H24FN4OS+. The molecule has 3 heterocycles. The fourth-order valence-corrected chi connectivity index (χ4v) is 4.79. The number of rotatable bonds is 6. The van der Waals surface area contributed by atoms with Crippen molar-refractivity contribution in [2.75, 3.05) is 6.61 Å². The maximum atomic E-state index is 13.9. The molecule has 7 heteroatoms. The number of thiazole rings is 1. The van der Waals surface area contributed by atoms with Gasteiger partial charge in [-0.3, -0.25) is 4.98 Å². The molecule has 0 radical (unpaired) electrons. The summed E-state index contributed by atoms with van der Waals surface area (Å²) in [7, 11) is 1.93. The molecule has 0 saturated carbocycles. The van der Waals surface area contributed by atoms with Crippen molar-refractivity contribution < 1.29 is 13.7 Å². The van der Waals surface area contributed by atoms with E-state index in [-0.39, 0.29) is 5.82 Å². The summed E-state index contributed by atoms with van der Waals surface area (Å²) < 4.78 is 22.0. The van der Waals surface area contributed by atoms with Crippen LogP contribution in [-0.2, 0) is 13.5 Å². The predicted molar refractivity (Wildman–Crippen MR) is 132 cm³/mol. The Hall–Kier alpha value is -3.71. The summed E-state index contributed by atoms with van der Waals surface area (Å²) in [5, 5.41) is 0.925. The molecule has 0 aliphatic heterocycles. The van der Waals surface area contributed by atoms with Crippen LogP contribution in [0.5, 0.6) is 5.88 Å². The van der Waals surface area contributed by atoms with Gasteiger partial charge in [0.25, 0.3) is 12.2 Å². The minimum absolute atomic E-state index is 0.221. The fourth-order valence-electron chi connectivity index (χ4n) is 4.03. The van der Waals surface area contributed by atoms with Crippen LogP contribution in [0.1, 0.15) is 16.1 Å². The second-order valence-corrected chi connectivity index (χ2v) is 9.15. The van der Waals surface area contributed by atoms with E-state index in [1.54, 1.807) is 36.9 Å². The third-order valence-electron chi connectivity index (χ3n) is 5.88. The lowest BCUT2D eigenvalue weighted by molar-refractivity contribution is -0.678. The summed E-state index contributed by atoms with van der Waals surface area (Å²) in [5.74, 6) is 0.540. The zero-order valence-corrected chi connectivity index (χ0v) is 20.1. The lowest BCUT2D eigenvalue weighted by Crippen LogP contribution is -2.31. The molecule has 5 aromatic rings. The standard InChI is InChI=1S/C27H24FN4OS/c1-17-13-20(6-8-23(17)28)26-21(5-4-11-29-26)19-7-9-24-22(14-19)27(32(3)15-30-24)33-12-10-25-18(2)31-16-34-25/h4-9,11,13-16H,10,12H2,1-3H3/q+1. The van der Waals surface area contributed by atoms with Crippen molar-refractivity contribution in [1.82, 2.24) is 15.0 Å². The number of hydrogen-bond donors (Lipinski definition) is 0. The molecule has 0 atom stereocenters. The number of aromatic nitrogens is 4. The third-order valence-corrected chi connectivity index (χ3v) is 6.88. The van der Waals surface area contributed by atoms with Gasteiger partial charge in [0.2, 0.25) is 0 Å². The van der Waals surface area contributed by atoms with Crippen LogP contribution in [0.4, 0.5) is 4.39 Å². The molecule has 0 aliphatic rings. The van der Waals surface area contributed by atoms with Gasteiger partial charge >= 0.3 is 0 Å². The first-order valence-electron chi connectivity index (χ1n) is 11.0. The Morgan fingerprint density at radius 3 is 2.65 bits per heavy atom. The Balaban J connectivity index is 1.54.